The predicted molar refractivity (Wildman–Crippen MR) is 54.9 cm³/mol. The Hall–Kier alpha value is -2.04. The summed E-state index contributed by atoms with van der Waals surface area (Å²) < 4.78 is 4.83. The molecular weight excluding hydrogens is 196 g/mol. The molecular formula is C10H12N2O3. The first-order chi connectivity index (χ1) is 7.20. The van der Waals surface area contributed by atoms with E-state index in [1.165, 1.54) is 0 Å². The lowest BCUT2D eigenvalue weighted by atomic mass is 10.1. The van der Waals surface area contributed by atoms with Gasteiger partial charge >= 0.3 is 5.97 Å². The highest BCUT2D eigenvalue weighted by molar-refractivity contribution is 6.06. The summed E-state index contributed by atoms with van der Waals surface area (Å²) >= 11 is 0. The largest absolute Gasteiger partial charge is 0.462 e. The van der Waals surface area contributed by atoms with Gasteiger partial charge in [-0.1, -0.05) is 23.4 Å². The van der Waals surface area contributed by atoms with Gasteiger partial charge in [-0.3, -0.25) is 0 Å². The minimum atomic E-state index is -0.486. The Morgan fingerprint density at radius 1 is 1.47 bits per heavy atom. The molecule has 3 N–H and O–H groups in total. The third kappa shape index (κ3) is 2.46. The van der Waals surface area contributed by atoms with Gasteiger partial charge in [0.1, 0.15) is 0 Å². The molecule has 0 spiro atoms. The Morgan fingerprint density at radius 3 is 2.60 bits per heavy atom. The van der Waals surface area contributed by atoms with Crippen molar-refractivity contribution < 1.29 is 14.7 Å². The molecule has 0 bridgehead atoms. The molecule has 0 aliphatic heterocycles. The molecule has 15 heavy (non-hydrogen) atoms. The van der Waals surface area contributed by atoms with Crippen LogP contribution in [0.15, 0.2) is 29.4 Å². The number of benzene rings is 1. The molecule has 0 aromatic heterocycles. The molecule has 1 aromatic carbocycles. The fourth-order valence-corrected chi connectivity index (χ4v) is 1.15. The van der Waals surface area contributed by atoms with Gasteiger partial charge in [-0.2, -0.15) is 0 Å². The fourth-order valence-electron chi connectivity index (χ4n) is 1.15. The summed E-state index contributed by atoms with van der Waals surface area (Å²) in [4.78, 5) is 11.5. The van der Waals surface area contributed by atoms with Gasteiger partial charge < -0.3 is 15.7 Å². The third-order valence-electron chi connectivity index (χ3n) is 1.81. The van der Waals surface area contributed by atoms with Crippen LogP contribution in [-0.4, -0.2) is 23.6 Å². The van der Waals surface area contributed by atoms with Crippen molar-refractivity contribution in [2.45, 2.75) is 6.92 Å². The molecule has 0 aliphatic rings. The minimum Gasteiger partial charge on any atom is -0.462 e. The maximum atomic E-state index is 11.5. The highest BCUT2D eigenvalue weighted by Gasteiger charge is 2.14. The van der Waals surface area contributed by atoms with Crippen LogP contribution in [0.25, 0.3) is 0 Å². The predicted octanol–water partition coefficient (Wildman–Crippen LogP) is 0.958. The highest BCUT2D eigenvalue weighted by Crippen LogP contribution is 2.09. The van der Waals surface area contributed by atoms with Gasteiger partial charge in [0, 0.05) is 5.56 Å². The molecule has 1 aromatic rings. The van der Waals surface area contributed by atoms with E-state index in [0.29, 0.717) is 5.56 Å². The number of nitrogens with zero attached hydrogens (tertiary/aromatic N) is 1. The van der Waals surface area contributed by atoms with E-state index < -0.39 is 5.97 Å². The minimum absolute atomic E-state index is 0.112. The zero-order valence-electron chi connectivity index (χ0n) is 8.30. The van der Waals surface area contributed by atoms with Crippen LogP contribution in [0.5, 0.6) is 0 Å². The number of carbonyl (C=O) groups excluding carboxylic acids is 1. The Kier molecular flexibility index (Phi) is 3.68. The maximum Gasteiger partial charge on any atom is 0.338 e. The van der Waals surface area contributed by atoms with Crippen molar-refractivity contribution in [1.82, 2.24) is 0 Å². The second-order valence-electron chi connectivity index (χ2n) is 2.75. The van der Waals surface area contributed by atoms with Crippen LogP contribution in [0.2, 0.25) is 0 Å². The van der Waals surface area contributed by atoms with E-state index >= 15 is 0 Å². The molecule has 0 atom stereocenters. The molecule has 0 fully saturated rings. The van der Waals surface area contributed by atoms with Gasteiger partial charge in [0.05, 0.1) is 12.2 Å². The van der Waals surface area contributed by atoms with E-state index in [-0.39, 0.29) is 18.0 Å². The molecule has 1 rings (SSSR count). The van der Waals surface area contributed by atoms with Crippen LogP contribution < -0.4 is 5.73 Å². The fraction of sp³-hybridized carbons (Fsp3) is 0.200. The summed E-state index contributed by atoms with van der Waals surface area (Å²) in [6.07, 6.45) is 0. The second-order valence-corrected chi connectivity index (χ2v) is 2.75. The van der Waals surface area contributed by atoms with Crippen LogP contribution in [0, 0.1) is 0 Å². The quantitative estimate of drug-likeness (QED) is 0.255. The topological polar surface area (TPSA) is 84.9 Å². The molecule has 5 heteroatoms. The Morgan fingerprint density at radius 2 is 2.07 bits per heavy atom. The number of amidine groups is 1. The Bertz CT molecular complexity index is 388. The van der Waals surface area contributed by atoms with Crippen molar-refractivity contribution in [3.63, 3.8) is 0 Å². The number of rotatable bonds is 3. The summed E-state index contributed by atoms with van der Waals surface area (Å²) in [6.45, 7) is 1.99. The van der Waals surface area contributed by atoms with Crippen LogP contribution in [0.1, 0.15) is 22.8 Å². The van der Waals surface area contributed by atoms with Crippen molar-refractivity contribution >= 4 is 11.8 Å². The van der Waals surface area contributed by atoms with Gasteiger partial charge in [-0.25, -0.2) is 4.79 Å². The van der Waals surface area contributed by atoms with Gasteiger partial charge in [0.2, 0.25) is 0 Å². The zero-order valence-corrected chi connectivity index (χ0v) is 8.30. The first kappa shape index (κ1) is 11.0. The van der Waals surface area contributed by atoms with E-state index in [1.807, 2.05) is 0 Å². The maximum absolute atomic E-state index is 11.5. The van der Waals surface area contributed by atoms with E-state index in [0.717, 1.165) is 0 Å². The standard InChI is InChI=1S/C10H12N2O3/c1-2-15-10(13)8-6-4-3-5-7(8)9(11)12-14/h3-6,14H,2H2,1H3,(H2,11,12). The van der Waals surface area contributed by atoms with Gasteiger partial charge in [0.25, 0.3) is 0 Å². The SMILES string of the molecule is CCOC(=O)c1ccccc1C(N)=NO. The first-order valence-corrected chi connectivity index (χ1v) is 4.44. The number of ether oxygens (including phenoxy) is 1. The van der Waals surface area contributed by atoms with Gasteiger partial charge in [0.15, 0.2) is 5.84 Å². The van der Waals surface area contributed by atoms with Crippen molar-refractivity contribution in [3.8, 4) is 0 Å². The van der Waals surface area contributed by atoms with E-state index in [1.54, 1.807) is 31.2 Å². The molecule has 0 saturated heterocycles. The lowest BCUT2D eigenvalue weighted by Crippen LogP contribution is -2.18. The smallest absolute Gasteiger partial charge is 0.338 e. The van der Waals surface area contributed by atoms with Gasteiger partial charge in [-0.15, -0.1) is 0 Å². The summed E-state index contributed by atoms with van der Waals surface area (Å²) in [5.74, 6) is -0.599. The van der Waals surface area contributed by atoms with Crippen molar-refractivity contribution in [2.75, 3.05) is 6.61 Å². The first-order valence-electron chi connectivity index (χ1n) is 4.44. The van der Waals surface area contributed by atoms with E-state index in [9.17, 15) is 4.79 Å². The number of esters is 1. The Labute approximate surface area is 87.1 Å². The number of hydrogen-bond acceptors (Lipinski definition) is 4. The average molecular weight is 208 g/mol. The number of nitrogens with two attached hydrogens (primary N) is 1. The number of oxime groups is 1. The molecule has 5 nitrogen and oxygen atoms in total. The Balaban J connectivity index is 3.12. The zero-order chi connectivity index (χ0) is 11.3. The lowest BCUT2D eigenvalue weighted by molar-refractivity contribution is 0.0526. The second kappa shape index (κ2) is 4.99. The van der Waals surface area contributed by atoms with Crippen molar-refractivity contribution in [3.05, 3.63) is 35.4 Å². The van der Waals surface area contributed by atoms with Crippen LogP contribution >= 0.6 is 0 Å². The monoisotopic (exact) mass is 208 g/mol. The molecule has 0 aliphatic carbocycles. The molecule has 0 amide bonds. The van der Waals surface area contributed by atoms with Crippen LogP contribution in [0.4, 0.5) is 0 Å². The summed E-state index contributed by atoms with van der Waals surface area (Å²) in [7, 11) is 0. The molecule has 0 heterocycles. The molecule has 0 saturated carbocycles. The normalized spacial score (nSPS) is 11.1. The number of carbonyl (C=O) groups is 1. The summed E-state index contributed by atoms with van der Waals surface area (Å²) in [5.41, 5.74) is 6.07. The van der Waals surface area contributed by atoms with Gasteiger partial charge in [-0.05, 0) is 13.0 Å². The van der Waals surface area contributed by atoms with E-state index in [2.05, 4.69) is 5.16 Å². The summed E-state index contributed by atoms with van der Waals surface area (Å²) in [6, 6.07) is 6.52. The van der Waals surface area contributed by atoms with Crippen molar-refractivity contribution in [2.24, 2.45) is 10.9 Å². The third-order valence-corrected chi connectivity index (χ3v) is 1.81. The number of hydrogen-bond donors (Lipinski definition) is 2. The molecule has 0 unspecified atom stereocenters. The molecule has 0 radical (unpaired) electrons. The van der Waals surface area contributed by atoms with Crippen LogP contribution in [0.3, 0.4) is 0 Å². The van der Waals surface area contributed by atoms with Crippen molar-refractivity contribution in [1.29, 1.82) is 0 Å². The highest BCUT2D eigenvalue weighted by atomic mass is 16.5. The van der Waals surface area contributed by atoms with E-state index in [4.69, 9.17) is 15.7 Å². The van der Waals surface area contributed by atoms with Crippen LogP contribution in [-0.2, 0) is 4.74 Å². The summed E-state index contributed by atoms with van der Waals surface area (Å²) in [5, 5.41) is 11.4. The molecule has 80 valence electrons. The average Bonchev–Trinajstić information content (AvgIpc) is 2.28. The lowest BCUT2D eigenvalue weighted by Gasteiger charge is -2.06.